The largest absolute Gasteiger partial charge is 0.454 e. The van der Waals surface area contributed by atoms with Crippen LogP contribution in [0.3, 0.4) is 0 Å². The number of benzene rings is 8. The fourth-order valence-corrected chi connectivity index (χ4v) is 9.96. The van der Waals surface area contributed by atoms with Crippen molar-refractivity contribution < 1.29 is 4.42 Å². The van der Waals surface area contributed by atoms with Crippen LogP contribution in [0, 0.1) is 0 Å². The van der Waals surface area contributed by atoms with E-state index in [1.807, 2.05) is 0 Å². The van der Waals surface area contributed by atoms with E-state index in [0.29, 0.717) is 0 Å². The zero-order valence-corrected chi connectivity index (χ0v) is 30.9. The molecule has 258 valence electrons. The highest BCUT2D eigenvalue weighted by atomic mass is 16.3. The number of para-hydroxylation sites is 2. The molecule has 0 saturated heterocycles. The molecular weight excluding hydrogens is 655 g/mol. The Morgan fingerprint density at radius 2 is 1.06 bits per heavy atom. The van der Waals surface area contributed by atoms with Crippen LogP contribution >= 0.6 is 0 Å². The van der Waals surface area contributed by atoms with Gasteiger partial charge >= 0.3 is 0 Å². The summed E-state index contributed by atoms with van der Waals surface area (Å²) in [6.07, 6.45) is 0. The number of anilines is 3. The maximum absolute atomic E-state index is 6.78. The average molecular weight is 694 g/mol. The predicted molar refractivity (Wildman–Crippen MR) is 226 cm³/mol. The molecule has 2 aliphatic carbocycles. The second-order valence-electron chi connectivity index (χ2n) is 16.1. The van der Waals surface area contributed by atoms with E-state index >= 15 is 0 Å². The summed E-state index contributed by atoms with van der Waals surface area (Å²) in [5, 5.41) is 4.72. The van der Waals surface area contributed by atoms with Crippen molar-refractivity contribution >= 4 is 49.8 Å². The third-order valence-corrected chi connectivity index (χ3v) is 12.4. The Morgan fingerprint density at radius 3 is 1.91 bits per heavy atom. The van der Waals surface area contributed by atoms with Crippen molar-refractivity contribution in [1.29, 1.82) is 0 Å². The SMILES string of the molecule is CC1(C)c2ccccc2-c2ccc3c(c21)C(C)(C)c1cc(N(c2cccc(-c4ccccc4)c2)c2cccc4c2oc2ccccc24)c2ccccc2c1-3. The Kier molecular flexibility index (Phi) is 6.39. The first kappa shape index (κ1) is 31.2. The minimum absolute atomic E-state index is 0.115. The van der Waals surface area contributed by atoms with Gasteiger partial charge in [-0.25, -0.2) is 0 Å². The summed E-state index contributed by atoms with van der Waals surface area (Å²) < 4.78 is 6.78. The molecule has 54 heavy (non-hydrogen) atoms. The van der Waals surface area contributed by atoms with E-state index in [4.69, 9.17) is 4.42 Å². The van der Waals surface area contributed by atoms with Gasteiger partial charge in [0.2, 0.25) is 0 Å². The van der Waals surface area contributed by atoms with Gasteiger partial charge in [0.1, 0.15) is 5.58 Å². The van der Waals surface area contributed by atoms with Crippen molar-refractivity contribution in [3.8, 4) is 33.4 Å². The number of furan rings is 1. The average Bonchev–Trinajstić information content (AvgIpc) is 3.78. The highest BCUT2D eigenvalue weighted by Gasteiger charge is 2.46. The number of hydrogen-bond acceptors (Lipinski definition) is 2. The quantitative estimate of drug-likeness (QED) is 0.182. The monoisotopic (exact) mass is 693 g/mol. The van der Waals surface area contributed by atoms with E-state index in [1.54, 1.807) is 0 Å². The van der Waals surface area contributed by atoms with Gasteiger partial charge in [-0.3, -0.25) is 0 Å². The Hall–Kier alpha value is -6.38. The van der Waals surface area contributed by atoms with Crippen LogP contribution in [-0.2, 0) is 10.8 Å². The van der Waals surface area contributed by atoms with Crippen LogP contribution in [0.1, 0.15) is 49.9 Å². The van der Waals surface area contributed by atoms with Gasteiger partial charge in [0.15, 0.2) is 5.58 Å². The van der Waals surface area contributed by atoms with Crippen LogP contribution in [0.2, 0.25) is 0 Å². The first-order valence-corrected chi connectivity index (χ1v) is 19.0. The van der Waals surface area contributed by atoms with Crippen molar-refractivity contribution in [3.63, 3.8) is 0 Å². The minimum atomic E-state index is -0.253. The molecule has 2 heteroatoms. The molecule has 9 aromatic rings. The van der Waals surface area contributed by atoms with Crippen molar-refractivity contribution in [3.05, 3.63) is 186 Å². The lowest BCUT2D eigenvalue weighted by atomic mass is 9.72. The van der Waals surface area contributed by atoms with Crippen LogP contribution in [0.15, 0.2) is 168 Å². The molecule has 0 aliphatic heterocycles. The Bertz CT molecular complexity index is 3000. The van der Waals surface area contributed by atoms with Crippen LogP contribution in [-0.4, -0.2) is 0 Å². The van der Waals surface area contributed by atoms with E-state index in [-0.39, 0.29) is 10.8 Å². The summed E-state index contributed by atoms with van der Waals surface area (Å²) in [6, 6.07) is 59.9. The molecule has 0 unspecified atom stereocenters. The summed E-state index contributed by atoms with van der Waals surface area (Å²) in [4.78, 5) is 2.45. The van der Waals surface area contributed by atoms with Crippen LogP contribution in [0.25, 0.3) is 66.1 Å². The first-order valence-electron chi connectivity index (χ1n) is 19.0. The molecule has 0 N–H and O–H groups in total. The van der Waals surface area contributed by atoms with Crippen molar-refractivity contribution in [2.75, 3.05) is 4.90 Å². The summed E-state index contributed by atoms with van der Waals surface area (Å²) in [5.41, 5.74) is 18.1. The van der Waals surface area contributed by atoms with Gasteiger partial charge in [-0.15, -0.1) is 0 Å². The Labute approximate surface area is 315 Å². The fraction of sp³-hybridized carbons (Fsp3) is 0.115. The maximum Gasteiger partial charge on any atom is 0.159 e. The molecule has 0 fully saturated rings. The van der Waals surface area contributed by atoms with E-state index in [0.717, 1.165) is 39.0 Å². The second-order valence-corrected chi connectivity index (χ2v) is 16.1. The Morgan fingerprint density at radius 1 is 0.426 bits per heavy atom. The predicted octanol–water partition coefficient (Wildman–Crippen LogP) is 14.5. The van der Waals surface area contributed by atoms with Gasteiger partial charge < -0.3 is 9.32 Å². The van der Waals surface area contributed by atoms with Gasteiger partial charge in [-0.05, 0) is 91.4 Å². The maximum atomic E-state index is 6.78. The number of rotatable bonds is 4. The van der Waals surface area contributed by atoms with Gasteiger partial charge in [0, 0.05) is 32.7 Å². The fourth-order valence-electron chi connectivity index (χ4n) is 9.96. The van der Waals surface area contributed by atoms with Crippen LogP contribution < -0.4 is 4.90 Å². The summed E-state index contributed by atoms with van der Waals surface area (Å²) >= 11 is 0. The van der Waals surface area contributed by atoms with Crippen LogP contribution in [0.5, 0.6) is 0 Å². The van der Waals surface area contributed by atoms with Crippen molar-refractivity contribution in [2.24, 2.45) is 0 Å². The lowest BCUT2D eigenvalue weighted by molar-refractivity contribution is 0.601. The molecule has 0 radical (unpaired) electrons. The van der Waals surface area contributed by atoms with Gasteiger partial charge in [-0.1, -0.05) is 161 Å². The molecule has 2 nitrogen and oxygen atoms in total. The number of hydrogen-bond donors (Lipinski definition) is 0. The third-order valence-electron chi connectivity index (χ3n) is 12.4. The standard InChI is InChI=1S/C52H39NO/c1-51(2)42-25-12-10-20-35(42)39-28-29-41-47-38-23-9-8-21-36(38)45(31-43(47)52(3,4)49(41)48(39)51)53(34-19-14-18-33(30-34)32-16-6-5-7-17-32)44-26-15-24-40-37-22-11-13-27-46(37)54-50(40)44/h5-31H,1-4H3. The van der Waals surface area contributed by atoms with E-state index in [2.05, 4.69) is 196 Å². The minimum Gasteiger partial charge on any atom is -0.454 e. The van der Waals surface area contributed by atoms with E-state index < -0.39 is 0 Å². The summed E-state index contributed by atoms with van der Waals surface area (Å²) in [5.74, 6) is 0. The van der Waals surface area contributed by atoms with Gasteiger partial charge in [0.05, 0.1) is 11.4 Å². The van der Waals surface area contributed by atoms with Crippen molar-refractivity contribution in [1.82, 2.24) is 0 Å². The zero-order valence-electron chi connectivity index (χ0n) is 30.9. The number of nitrogens with zero attached hydrogens (tertiary/aromatic N) is 1. The molecule has 0 atom stereocenters. The molecule has 8 aromatic carbocycles. The molecule has 0 saturated carbocycles. The molecule has 0 spiro atoms. The van der Waals surface area contributed by atoms with E-state index in [1.165, 1.54) is 66.4 Å². The summed E-state index contributed by atoms with van der Waals surface area (Å²) in [6.45, 7) is 9.71. The molecule has 11 rings (SSSR count). The van der Waals surface area contributed by atoms with Crippen LogP contribution in [0.4, 0.5) is 17.1 Å². The highest BCUT2D eigenvalue weighted by Crippen LogP contribution is 2.61. The number of fused-ring (bicyclic) bond motifs is 12. The molecule has 0 bridgehead atoms. The smallest absolute Gasteiger partial charge is 0.159 e. The molecule has 0 amide bonds. The molecular formula is C52H39NO. The zero-order chi connectivity index (χ0) is 36.3. The first-order chi connectivity index (χ1) is 26.3. The third kappa shape index (κ3) is 4.17. The molecule has 1 aromatic heterocycles. The Balaban J connectivity index is 1.21. The topological polar surface area (TPSA) is 16.4 Å². The van der Waals surface area contributed by atoms with Crippen molar-refractivity contribution in [2.45, 2.75) is 38.5 Å². The highest BCUT2D eigenvalue weighted by molar-refractivity contribution is 6.14. The normalized spacial score (nSPS) is 14.6. The van der Waals surface area contributed by atoms with E-state index in [9.17, 15) is 0 Å². The lowest BCUT2D eigenvalue weighted by Gasteiger charge is -2.32. The van der Waals surface area contributed by atoms with Gasteiger partial charge in [-0.2, -0.15) is 0 Å². The molecule has 2 aliphatic rings. The molecule has 1 heterocycles. The second kappa shape index (κ2) is 11.1. The van der Waals surface area contributed by atoms with Gasteiger partial charge in [0.25, 0.3) is 0 Å². The summed E-state index contributed by atoms with van der Waals surface area (Å²) in [7, 11) is 0. The lowest BCUT2D eigenvalue weighted by Crippen LogP contribution is -2.24.